The molecule has 22 heavy (non-hydrogen) atoms. The van der Waals surface area contributed by atoms with Gasteiger partial charge < -0.3 is 14.2 Å². The first-order valence-electron chi connectivity index (χ1n) is 7.21. The fourth-order valence-electron chi connectivity index (χ4n) is 2.67. The normalized spacial score (nSPS) is 17.2. The van der Waals surface area contributed by atoms with Crippen molar-refractivity contribution in [2.24, 2.45) is 0 Å². The molecule has 1 aromatic carbocycles. The summed E-state index contributed by atoms with van der Waals surface area (Å²) in [5, 5.41) is 9.43. The van der Waals surface area contributed by atoms with Crippen molar-refractivity contribution < 1.29 is 13.5 Å². The minimum Gasteiger partial charge on any atom is -0.383 e. The van der Waals surface area contributed by atoms with E-state index in [1.807, 2.05) is 12.1 Å². The van der Waals surface area contributed by atoms with E-state index in [1.54, 1.807) is 13.2 Å². The minimum absolute atomic E-state index is 0.00939. The molecule has 1 atom stereocenters. The highest BCUT2D eigenvalue weighted by Crippen LogP contribution is 2.25. The van der Waals surface area contributed by atoms with Gasteiger partial charge in [-0.3, -0.25) is 4.90 Å². The molecule has 0 amide bonds. The van der Waals surface area contributed by atoms with Gasteiger partial charge in [-0.15, -0.1) is 0 Å². The van der Waals surface area contributed by atoms with Crippen LogP contribution < -0.4 is 4.90 Å². The van der Waals surface area contributed by atoms with E-state index < -0.39 is 11.1 Å². The van der Waals surface area contributed by atoms with Gasteiger partial charge in [-0.25, -0.2) is 4.21 Å². The van der Waals surface area contributed by atoms with Crippen LogP contribution in [0, 0.1) is 11.3 Å². The topological polar surface area (TPSA) is 76.8 Å². The van der Waals surface area contributed by atoms with Gasteiger partial charge >= 0.3 is 0 Å². The van der Waals surface area contributed by atoms with E-state index in [9.17, 15) is 9.47 Å². The second kappa shape index (κ2) is 8.25. The molecule has 0 bridgehead atoms. The maximum absolute atomic E-state index is 11.0. The third-order valence-corrected chi connectivity index (χ3v) is 4.40. The fourth-order valence-corrected chi connectivity index (χ4v) is 3.17. The fraction of sp³-hybridized carbons (Fsp3) is 0.533. The molecular formula is C15H21N3O3S. The molecule has 120 valence electrons. The molecule has 0 aromatic heterocycles. The standard InChI is InChI=1S/C15H21N3O3S/c1-21-10-9-17-5-7-18(8-6-17)15-4-2-3-13(12-22(19)20)14(15)11-16/h2-4H,5-10,12H2,1H3,(H,19,20). The van der Waals surface area contributed by atoms with Crippen molar-refractivity contribution in [2.45, 2.75) is 5.75 Å². The number of benzene rings is 1. The minimum atomic E-state index is -1.94. The Kier molecular flexibility index (Phi) is 6.34. The smallest absolute Gasteiger partial charge is 0.157 e. The van der Waals surface area contributed by atoms with Crippen LogP contribution in [0.25, 0.3) is 0 Å². The molecule has 1 N–H and O–H groups in total. The predicted octanol–water partition coefficient (Wildman–Crippen LogP) is 1.05. The molecule has 1 unspecified atom stereocenters. The zero-order chi connectivity index (χ0) is 15.9. The lowest BCUT2D eigenvalue weighted by Crippen LogP contribution is -2.47. The van der Waals surface area contributed by atoms with Crippen LogP contribution in [0.4, 0.5) is 5.69 Å². The Morgan fingerprint density at radius 3 is 2.68 bits per heavy atom. The Morgan fingerprint density at radius 2 is 2.09 bits per heavy atom. The highest BCUT2D eigenvalue weighted by atomic mass is 32.2. The molecule has 0 saturated carbocycles. The Balaban J connectivity index is 2.10. The Hall–Kier alpha value is -1.46. The van der Waals surface area contributed by atoms with E-state index in [0.29, 0.717) is 11.1 Å². The largest absolute Gasteiger partial charge is 0.383 e. The summed E-state index contributed by atoms with van der Waals surface area (Å²) in [5.74, 6) is -0.00939. The zero-order valence-electron chi connectivity index (χ0n) is 12.7. The van der Waals surface area contributed by atoms with Crippen molar-refractivity contribution in [1.29, 1.82) is 5.26 Å². The maximum atomic E-state index is 11.0. The van der Waals surface area contributed by atoms with Crippen LogP contribution >= 0.6 is 0 Å². The van der Waals surface area contributed by atoms with E-state index >= 15 is 0 Å². The van der Waals surface area contributed by atoms with Crippen molar-refractivity contribution in [3.05, 3.63) is 29.3 Å². The second-order valence-electron chi connectivity index (χ2n) is 5.21. The molecule has 0 spiro atoms. The van der Waals surface area contributed by atoms with Gasteiger partial charge in [0.25, 0.3) is 0 Å². The first kappa shape index (κ1) is 16.9. The van der Waals surface area contributed by atoms with Crippen LogP contribution in [0.15, 0.2) is 18.2 Å². The highest BCUT2D eigenvalue weighted by Gasteiger charge is 2.20. The summed E-state index contributed by atoms with van der Waals surface area (Å²) in [5.41, 5.74) is 2.00. The Labute approximate surface area is 133 Å². The molecule has 0 radical (unpaired) electrons. The van der Waals surface area contributed by atoms with Crippen LogP contribution in [0.5, 0.6) is 0 Å². The van der Waals surface area contributed by atoms with Crippen LogP contribution in [0.2, 0.25) is 0 Å². The number of rotatable bonds is 6. The Morgan fingerprint density at radius 1 is 1.36 bits per heavy atom. The summed E-state index contributed by atoms with van der Waals surface area (Å²) in [6, 6.07) is 7.69. The summed E-state index contributed by atoms with van der Waals surface area (Å²) in [6.45, 7) is 5.16. The summed E-state index contributed by atoms with van der Waals surface area (Å²) in [6.07, 6.45) is 0. The molecule has 1 aromatic rings. The lowest BCUT2D eigenvalue weighted by atomic mass is 10.1. The van der Waals surface area contributed by atoms with Gasteiger partial charge in [0.15, 0.2) is 11.1 Å². The lowest BCUT2D eigenvalue weighted by molar-refractivity contribution is 0.144. The number of piperazine rings is 1. The molecular weight excluding hydrogens is 302 g/mol. The predicted molar refractivity (Wildman–Crippen MR) is 86.2 cm³/mol. The molecule has 7 heteroatoms. The highest BCUT2D eigenvalue weighted by molar-refractivity contribution is 7.78. The number of hydrogen-bond acceptors (Lipinski definition) is 5. The monoisotopic (exact) mass is 323 g/mol. The number of nitriles is 1. The van der Waals surface area contributed by atoms with Gasteiger partial charge in [-0.1, -0.05) is 12.1 Å². The van der Waals surface area contributed by atoms with Crippen molar-refractivity contribution in [2.75, 3.05) is 51.3 Å². The van der Waals surface area contributed by atoms with E-state index in [1.165, 1.54) is 0 Å². The van der Waals surface area contributed by atoms with Gasteiger partial charge in [0.1, 0.15) is 6.07 Å². The maximum Gasteiger partial charge on any atom is 0.157 e. The molecule has 0 aliphatic carbocycles. The van der Waals surface area contributed by atoms with Crippen LogP contribution in [0.1, 0.15) is 11.1 Å². The molecule has 1 fully saturated rings. The first-order valence-corrected chi connectivity index (χ1v) is 8.49. The van der Waals surface area contributed by atoms with E-state index in [0.717, 1.165) is 45.0 Å². The molecule has 1 aliphatic heterocycles. The van der Waals surface area contributed by atoms with Gasteiger partial charge in [0.05, 0.1) is 23.6 Å². The number of anilines is 1. The van der Waals surface area contributed by atoms with Gasteiger partial charge in [0, 0.05) is 39.8 Å². The molecule has 6 nitrogen and oxygen atoms in total. The van der Waals surface area contributed by atoms with Gasteiger partial charge in [0.2, 0.25) is 0 Å². The van der Waals surface area contributed by atoms with Crippen molar-refractivity contribution >= 4 is 16.8 Å². The SMILES string of the molecule is COCCN1CCN(c2cccc(CS(=O)O)c2C#N)CC1. The molecule has 1 aliphatic rings. The van der Waals surface area contributed by atoms with Crippen molar-refractivity contribution in [3.8, 4) is 6.07 Å². The van der Waals surface area contributed by atoms with Crippen molar-refractivity contribution in [1.82, 2.24) is 4.90 Å². The number of methoxy groups -OCH3 is 1. The number of nitrogens with zero attached hydrogens (tertiary/aromatic N) is 3. The molecule has 2 rings (SSSR count). The summed E-state index contributed by atoms with van der Waals surface area (Å²) in [7, 11) is 1.70. The van der Waals surface area contributed by atoms with Crippen LogP contribution in [-0.4, -0.2) is 60.1 Å². The van der Waals surface area contributed by atoms with Gasteiger partial charge in [-0.05, 0) is 11.6 Å². The van der Waals surface area contributed by atoms with Gasteiger partial charge in [-0.2, -0.15) is 5.26 Å². The summed E-state index contributed by atoms with van der Waals surface area (Å²) < 4.78 is 25.2. The number of ether oxygens (including phenoxy) is 1. The first-order chi connectivity index (χ1) is 10.7. The molecule has 1 saturated heterocycles. The Bertz CT molecular complexity index is 566. The zero-order valence-corrected chi connectivity index (χ0v) is 13.5. The quantitative estimate of drug-likeness (QED) is 0.789. The molecule has 1 heterocycles. The number of hydrogen-bond donors (Lipinski definition) is 1. The average Bonchev–Trinajstić information content (AvgIpc) is 2.52. The summed E-state index contributed by atoms with van der Waals surface area (Å²) in [4.78, 5) is 4.50. The third kappa shape index (κ3) is 4.27. The van der Waals surface area contributed by atoms with E-state index in [4.69, 9.17) is 9.29 Å². The van der Waals surface area contributed by atoms with Crippen LogP contribution in [0.3, 0.4) is 0 Å². The van der Waals surface area contributed by atoms with Crippen molar-refractivity contribution in [3.63, 3.8) is 0 Å². The second-order valence-corrected chi connectivity index (χ2v) is 6.14. The third-order valence-electron chi connectivity index (χ3n) is 3.84. The van der Waals surface area contributed by atoms with Crippen LogP contribution in [-0.2, 0) is 21.6 Å². The lowest BCUT2D eigenvalue weighted by Gasteiger charge is -2.36. The average molecular weight is 323 g/mol. The summed E-state index contributed by atoms with van der Waals surface area (Å²) >= 11 is -1.94. The van der Waals surface area contributed by atoms with E-state index in [-0.39, 0.29) is 5.75 Å². The van der Waals surface area contributed by atoms with E-state index in [2.05, 4.69) is 15.9 Å².